The van der Waals surface area contributed by atoms with Gasteiger partial charge in [0.05, 0.1) is 0 Å². The molecule has 0 N–H and O–H groups in total. The molecule has 1 nitrogen and oxygen atoms in total. The van der Waals surface area contributed by atoms with Gasteiger partial charge in [-0.25, -0.2) is 0 Å². The van der Waals surface area contributed by atoms with Gasteiger partial charge in [0.1, 0.15) is 0 Å². The van der Waals surface area contributed by atoms with Crippen molar-refractivity contribution in [1.82, 2.24) is 4.90 Å². The van der Waals surface area contributed by atoms with Gasteiger partial charge in [-0.1, -0.05) is 34.7 Å². The zero-order valence-electron chi connectivity index (χ0n) is 6.02. The van der Waals surface area contributed by atoms with Crippen molar-refractivity contribution in [3.63, 3.8) is 0 Å². The van der Waals surface area contributed by atoms with Crippen LogP contribution in [0.25, 0.3) is 0 Å². The van der Waals surface area contributed by atoms with Crippen LogP contribution in [0, 0.1) is 0 Å². The lowest BCUT2D eigenvalue weighted by Gasteiger charge is -2.21. The van der Waals surface area contributed by atoms with Gasteiger partial charge in [-0.3, -0.25) is 4.90 Å². The Bertz CT molecular complexity index is 151. The lowest BCUT2D eigenvalue weighted by atomic mass is 10.2. The minimum atomic E-state index is 0.977. The maximum atomic E-state index is 3.80. The lowest BCUT2D eigenvalue weighted by Crippen LogP contribution is -2.28. The van der Waals surface area contributed by atoms with Crippen LogP contribution >= 0.6 is 15.9 Å². The van der Waals surface area contributed by atoms with E-state index in [-0.39, 0.29) is 0 Å². The molecule has 2 heteroatoms. The summed E-state index contributed by atoms with van der Waals surface area (Å²) in [4.78, 5) is 2.36. The number of halogens is 1. The van der Waals surface area contributed by atoms with E-state index in [1.165, 1.54) is 13.0 Å². The Hall–Kier alpha value is -0.0800. The minimum absolute atomic E-state index is 0.977. The van der Waals surface area contributed by atoms with E-state index in [0.29, 0.717) is 0 Å². The van der Waals surface area contributed by atoms with E-state index < -0.39 is 0 Å². The van der Waals surface area contributed by atoms with Gasteiger partial charge < -0.3 is 0 Å². The first-order valence-corrected chi connectivity index (χ1v) is 4.29. The van der Waals surface area contributed by atoms with Crippen molar-refractivity contribution in [1.29, 1.82) is 0 Å². The van der Waals surface area contributed by atoms with Gasteiger partial charge in [0.25, 0.3) is 0 Å². The molecule has 0 spiro atoms. The second kappa shape index (κ2) is 3.94. The number of hydrogen-bond donors (Lipinski definition) is 0. The predicted molar refractivity (Wildman–Crippen MR) is 48.3 cm³/mol. The minimum Gasteiger partial charge on any atom is -0.295 e. The van der Waals surface area contributed by atoms with Crippen LogP contribution in [0.15, 0.2) is 23.2 Å². The van der Waals surface area contributed by atoms with Crippen LogP contribution in [0.3, 0.4) is 0 Å². The second-order valence-corrected chi connectivity index (χ2v) is 3.63. The molecule has 0 aromatic carbocycles. The van der Waals surface area contributed by atoms with E-state index in [4.69, 9.17) is 0 Å². The molecule has 0 amide bonds. The van der Waals surface area contributed by atoms with Crippen molar-refractivity contribution in [2.75, 3.05) is 19.6 Å². The van der Waals surface area contributed by atoms with E-state index in [0.717, 1.165) is 17.6 Å². The molecule has 1 aliphatic rings. The summed E-state index contributed by atoms with van der Waals surface area (Å²) in [5, 5.41) is 0. The Morgan fingerprint density at radius 2 is 2.40 bits per heavy atom. The topological polar surface area (TPSA) is 3.24 Å². The van der Waals surface area contributed by atoms with Crippen LogP contribution in [-0.4, -0.2) is 24.5 Å². The van der Waals surface area contributed by atoms with Gasteiger partial charge in [0.15, 0.2) is 0 Å². The highest BCUT2D eigenvalue weighted by molar-refractivity contribution is 9.11. The smallest absolute Gasteiger partial charge is 0.0297 e. The molecule has 1 heterocycles. The van der Waals surface area contributed by atoms with E-state index in [2.05, 4.69) is 39.6 Å². The molecule has 56 valence electrons. The third-order valence-corrected chi connectivity index (χ3v) is 1.79. The lowest BCUT2D eigenvalue weighted by molar-refractivity contribution is 0.329. The molecule has 0 radical (unpaired) electrons. The highest BCUT2D eigenvalue weighted by Gasteiger charge is 2.04. The van der Waals surface area contributed by atoms with Gasteiger partial charge in [-0.15, -0.1) is 0 Å². The van der Waals surface area contributed by atoms with Crippen molar-refractivity contribution in [3.8, 4) is 0 Å². The first kappa shape index (κ1) is 8.02. The molecular weight excluding hydrogens is 190 g/mol. The zero-order valence-corrected chi connectivity index (χ0v) is 7.60. The van der Waals surface area contributed by atoms with Crippen molar-refractivity contribution in [2.45, 2.75) is 6.42 Å². The standard InChI is InChI=1S/C8H12BrN/c1-8(9)7-10-5-3-2-4-6-10/h2-3H,1,4-7H2. The molecular formula is C8H12BrN. The second-order valence-electron chi connectivity index (χ2n) is 2.51. The van der Waals surface area contributed by atoms with Crippen LogP contribution in [-0.2, 0) is 0 Å². The SMILES string of the molecule is C=C(Br)CN1CC=CCC1. The average Bonchev–Trinajstić information content (AvgIpc) is 1.88. The summed E-state index contributed by atoms with van der Waals surface area (Å²) in [6.07, 6.45) is 5.62. The molecule has 0 saturated carbocycles. The fourth-order valence-electron chi connectivity index (χ4n) is 1.08. The first-order valence-electron chi connectivity index (χ1n) is 3.49. The summed E-state index contributed by atoms with van der Waals surface area (Å²) in [5.41, 5.74) is 0. The average molecular weight is 202 g/mol. The Labute approximate surface area is 70.5 Å². The molecule has 0 saturated heterocycles. The highest BCUT2D eigenvalue weighted by atomic mass is 79.9. The monoisotopic (exact) mass is 201 g/mol. The summed E-state index contributed by atoms with van der Waals surface area (Å²) in [6, 6.07) is 0. The van der Waals surface area contributed by atoms with Crippen LogP contribution < -0.4 is 0 Å². The number of nitrogens with zero attached hydrogens (tertiary/aromatic N) is 1. The summed E-state index contributed by atoms with van der Waals surface area (Å²) in [7, 11) is 0. The van der Waals surface area contributed by atoms with Crippen LogP contribution in [0.2, 0.25) is 0 Å². The molecule has 0 aromatic heterocycles. The van der Waals surface area contributed by atoms with Crippen LogP contribution in [0.5, 0.6) is 0 Å². The predicted octanol–water partition coefficient (Wildman–Crippen LogP) is 2.16. The van der Waals surface area contributed by atoms with Gasteiger partial charge in [0, 0.05) is 24.1 Å². The fraction of sp³-hybridized carbons (Fsp3) is 0.500. The van der Waals surface area contributed by atoms with Crippen LogP contribution in [0.4, 0.5) is 0 Å². The highest BCUT2D eigenvalue weighted by Crippen LogP contribution is 2.07. The Balaban J connectivity index is 2.28. The third-order valence-electron chi connectivity index (χ3n) is 1.54. The Kier molecular flexibility index (Phi) is 3.16. The maximum Gasteiger partial charge on any atom is 0.0297 e. The summed E-state index contributed by atoms with van der Waals surface area (Å²) >= 11 is 3.35. The van der Waals surface area contributed by atoms with Gasteiger partial charge in [0.2, 0.25) is 0 Å². The molecule has 0 aromatic rings. The third kappa shape index (κ3) is 2.67. The summed E-state index contributed by atoms with van der Waals surface area (Å²) in [5.74, 6) is 0. The van der Waals surface area contributed by atoms with Crippen molar-refractivity contribution < 1.29 is 0 Å². The van der Waals surface area contributed by atoms with E-state index in [1.54, 1.807) is 0 Å². The molecule has 10 heavy (non-hydrogen) atoms. The zero-order chi connectivity index (χ0) is 7.40. The van der Waals surface area contributed by atoms with Crippen molar-refractivity contribution >= 4 is 15.9 Å². The normalized spacial score (nSPS) is 19.3. The molecule has 0 unspecified atom stereocenters. The van der Waals surface area contributed by atoms with Crippen molar-refractivity contribution in [3.05, 3.63) is 23.2 Å². The van der Waals surface area contributed by atoms with E-state index in [9.17, 15) is 0 Å². The quantitative estimate of drug-likeness (QED) is 0.620. The maximum absolute atomic E-state index is 3.80. The van der Waals surface area contributed by atoms with E-state index in [1.807, 2.05) is 0 Å². The Morgan fingerprint density at radius 1 is 1.60 bits per heavy atom. The van der Waals surface area contributed by atoms with Gasteiger partial charge in [-0.05, 0) is 6.42 Å². The van der Waals surface area contributed by atoms with Crippen molar-refractivity contribution in [2.24, 2.45) is 0 Å². The fourth-order valence-corrected chi connectivity index (χ4v) is 1.43. The largest absolute Gasteiger partial charge is 0.295 e. The van der Waals surface area contributed by atoms with Crippen LogP contribution in [0.1, 0.15) is 6.42 Å². The molecule has 1 aliphatic heterocycles. The molecule has 0 aliphatic carbocycles. The molecule has 0 atom stereocenters. The number of rotatable bonds is 2. The summed E-state index contributed by atoms with van der Waals surface area (Å²) in [6.45, 7) is 7.02. The molecule has 1 rings (SSSR count). The Morgan fingerprint density at radius 3 is 2.90 bits per heavy atom. The van der Waals surface area contributed by atoms with Gasteiger partial charge >= 0.3 is 0 Å². The molecule has 0 fully saturated rings. The molecule has 0 bridgehead atoms. The number of hydrogen-bond acceptors (Lipinski definition) is 1. The van der Waals surface area contributed by atoms with Gasteiger partial charge in [-0.2, -0.15) is 0 Å². The van der Waals surface area contributed by atoms with E-state index >= 15 is 0 Å². The first-order chi connectivity index (χ1) is 4.79. The summed E-state index contributed by atoms with van der Waals surface area (Å²) < 4.78 is 1.07.